The van der Waals surface area contributed by atoms with E-state index in [2.05, 4.69) is 33.9 Å². The van der Waals surface area contributed by atoms with Crippen molar-refractivity contribution in [2.24, 2.45) is 0 Å². The van der Waals surface area contributed by atoms with Crippen LogP contribution in [0.2, 0.25) is 0 Å². The molecule has 2 rings (SSSR count). The van der Waals surface area contributed by atoms with Crippen LogP contribution in [0.1, 0.15) is 74.1 Å². The molecule has 0 N–H and O–H groups in total. The predicted molar refractivity (Wildman–Crippen MR) is 100 cm³/mol. The molecule has 4 heteroatoms. The molecule has 0 amide bonds. The van der Waals surface area contributed by atoms with E-state index < -0.39 is 11.6 Å². The molecule has 3 atom stereocenters. The first kappa shape index (κ1) is 20.6. The first-order valence-electron chi connectivity index (χ1n) is 9.35. The highest BCUT2D eigenvalue weighted by Gasteiger charge is 2.52. The second-order valence-electron chi connectivity index (χ2n) is 9.07. The van der Waals surface area contributed by atoms with E-state index >= 15 is 0 Å². The molecular formula is C21H36O4. The smallest absolute Gasteiger partial charge is 0.164 e. The molecule has 4 nitrogen and oxygen atoms in total. The van der Waals surface area contributed by atoms with Crippen molar-refractivity contribution >= 4 is 0 Å². The molecule has 2 heterocycles. The van der Waals surface area contributed by atoms with Crippen LogP contribution in [0.15, 0.2) is 24.8 Å². The summed E-state index contributed by atoms with van der Waals surface area (Å²) < 4.78 is 24.7. The lowest BCUT2D eigenvalue weighted by Crippen LogP contribution is -2.40. The average Bonchev–Trinajstić information content (AvgIpc) is 2.81. The molecule has 25 heavy (non-hydrogen) atoms. The van der Waals surface area contributed by atoms with Crippen molar-refractivity contribution in [3.8, 4) is 0 Å². The number of ether oxygens (including phenoxy) is 4. The lowest BCUT2D eigenvalue weighted by Gasteiger charge is -2.32. The summed E-state index contributed by atoms with van der Waals surface area (Å²) in [6.07, 6.45) is 5.34. The van der Waals surface area contributed by atoms with Crippen LogP contribution in [0.25, 0.3) is 0 Å². The molecule has 0 saturated carbocycles. The van der Waals surface area contributed by atoms with Crippen LogP contribution in [-0.4, -0.2) is 35.0 Å². The van der Waals surface area contributed by atoms with Crippen molar-refractivity contribution in [3.05, 3.63) is 24.8 Å². The SMILES string of the molecule is C=CC(=C)CCC1OC(C)(C)OC1(C)CCC1OC(C)(C)OC1(C)C. The molecule has 2 aliphatic rings. The van der Waals surface area contributed by atoms with Crippen LogP contribution in [0.3, 0.4) is 0 Å². The second kappa shape index (κ2) is 6.80. The zero-order chi connectivity index (χ0) is 19.1. The molecular weight excluding hydrogens is 316 g/mol. The van der Waals surface area contributed by atoms with E-state index in [4.69, 9.17) is 18.9 Å². The Morgan fingerprint density at radius 1 is 0.880 bits per heavy atom. The lowest BCUT2D eigenvalue weighted by molar-refractivity contribution is -0.165. The number of hydrogen-bond acceptors (Lipinski definition) is 4. The van der Waals surface area contributed by atoms with E-state index in [1.54, 1.807) is 0 Å². The van der Waals surface area contributed by atoms with Crippen LogP contribution in [-0.2, 0) is 18.9 Å². The Balaban J connectivity index is 2.04. The van der Waals surface area contributed by atoms with Crippen LogP contribution < -0.4 is 0 Å². The Morgan fingerprint density at radius 3 is 1.96 bits per heavy atom. The Kier molecular flexibility index (Phi) is 5.61. The van der Waals surface area contributed by atoms with Gasteiger partial charge in [-0.3, -0.25) is 0 Å². The molecule has 0 aromatic carbocycles. The fraction of sp³-hybridized carbons (Fsp3) is 0.810. The molecule has 0 aliphatic carbocycles. The van der Waals surface area contributed by atoms with Gasteiger partial charge in [-0.1, -0.05) is 24.8 Å². The third-order valence-corrected chi connectivity index (χ3v) is 5.22. The summed E-state index contributed by atoms with van der Waals surface area (Å²) >= 11 is 0. The van der Waals surface area contributed by atoms with E-state index in [1.165, 1.54) is 0 Å². The molecule has 3 unspecified atom stereocenters. The highest BCUT2D eigenvalue weighted by molar-refractivity contribution is 5.11. The van der Waals surface area contributed by atoms with Crippen molar-refractivity contribution < 1.29 is 18.9 Å². The Morgan fingerprint density at radius 2 is 1.44 bits per heavy atom. The lowest BCUT2D eigenvalue weighted by atomic mass is 9.86. The summed E-state index contributed by atoms with van der Waals surface area (Å²) in [5.74, 6) is -1.11. The molecule has 0 bridgehead atoms. The molecule has 2 saturated heterocycles. The molecule has 2 fully saturated rings. The second-order valence-corrected chi connectivity index (χ2v) is 9.07. The van der Waals surface area contributed by atoms with Crippen LogP contribution in [0.5, 0.6) is 0 Å². The van der Waals surface area contributed by atoms with Crippen molar-refractivity contribution in [2.45, 2.75) is 109 Å². The first-order chi connectivity index (χ1) is 11.3. The fourth-order valence-electron chi connectivity index (χ4n) is 4.15. The zero-order valence-electron chi connectivity index (χ0n) is 17.1. The van der Waals surface area contributed by atoms with Crippen LogP contribution >= 0.6 is 0 Å². The minimum atomic E-state index is -0.573. The van der Waals surface area contributed by atoms with Gasteiger partial charge in [-0.05, 0) is 74.1 Å². The predicted octanol–water partition coefficient (Wildman–Crippen LogP) is 5.13. The minimum absolute atomic E-state index is 0.0256. The summed E-state index contributed by atoms with van der Waals surface area (Å²) in [7, 11) is 0. The standard InChI is InChI=1S/C21H36O4/c1-10-15(2)11-12-17-21(9,25-20(7,8)23-17)14-13-16-18(3,4)24-19(5,6)22-16/h10,16-17H,1-2,11-14H2,3-9H3. The number of hydrogen-bond donors (Lipinski definition) is 0. The van der Waals surface area contributed by atoms with Gasteiger partial charge in [0.05, 0.1) is 23.4 Å². The van der Waals surface area contributed by atoms with Gasteiger partial charge in [0.15, 0.2) is 11.6 Å². The highest BCUT2D eigenvalue weighted by Crippen LogP contribution is 2.44. The Bertz CT molecular complexity index is 520. The third kappa shape index (κ3) is 4.94. The first-order valence-corrected chi connectivity index (χ1v) is 9.35. The van der Waals surface area contributed by atoms with Crippen molar-refractivity contribution in [3.63, 3.8) is 0 Å². The van der Waals surface area contributed by atoms with E-state index in [1.807, 2.05) is 33.8 Å². The van der Waals surface area contributed by atoms with Gasteiger partial charge in [0.2, 0.25) is 0 Å². The van der Waals surface area contributed by atoms with Crippen LogP contribution in [0.4, 0.5) is 0 Å². The van der Waals surface area contributed by atoms with Gasteiger partial charge in [0, 0.05) is 0 Å². The molecule has 0 radical (unpaired) electrons. The summed E-state index contributed by atoms with van der Waals surface area (Å²) in [6, 6.07) is 0. The van der Waals surface area contributed by atoms with Crippen molar-refractivity contribution in [2.75, 3.05) is 0 Å². The van der Waals surface area contributed by atoms with Crippen molar-refractivity contribution in [1.29, 1.82) is 0 Å². The van der Waals surface area contributed by atoms with Gasteiger partial charge in [0.25, 0.3) is 0 Å². The number of allylic oxidation sites excluding steroid dienone is 2. The molecule has 0 aromatic rings. The fourth-order valence-corrected chi connectivity index (χ4v) is 4.15. The summed E-state index contributed by atoms with van der Waals surface area (Å²) in [5, 5.41) is 0. The molecule has 2 aliphatic heterocycles. The minimum Gasteiger partial charge on any atom is -0.344 e. The maximum atomic E-state index is 6.32. The summed E-state index contributed by atoms with van der Waals surface area (Å²) in [6.45, 7) is 22.0. The van der Waals surface area contributed by atoms with Gasteiger partial charge in [0.1, 0.15) is 0 Å². The molecule has 144 valence electrons. The van der Waals surface area contributed by atoms with E-state index in [-0.39, 0.29) is 23.4 Å². The quantitative estimate of drug-likeness (QED) is 0.595. The topological polar surface area (TPSA) is 36.9 Å². The largest absolute Gasteiger partial charge is 0.344 e. The van der Waals surface area contributed by atoms with E-state index in [0.29, 0.717) is 0 Å². The van der Waals surface area contributed by atoms with Crippen LogP contribution in [0, 0.1) is 0 Å². The number of rotatable bonds is 7. The van der Waals surface area contributed by atoms with E-state index in [0.717, 1.165) is 31.3 Å². The third-order valence-electron chi connectivity index (χ3n) is 5.22. The highest BCUT2D eigenvalue weighted by atomic mass is 16.8. The molecule has 0 spiro atoms. The van der Waals surface area contributed by atoms with Gasteiger partial charge >= 0.3 is 0 Å². The average molecular weight is 353 g/mol. The van der Waals surface area contributed by atoms with Crippen molar-refractivity contribution in [1.82, 2.24) is 0 Å². The van der Waals surface area contributed by atoms with Gasteiger partial charge in [-0.25, -0.2) is 0 Å². The van der Waals surface area contributed by atoms with Gasteiger partial charge < -0.3 is 18.9 Å². The Labute approximate surface area is 153 Å². The Hall–Kier alpha value is -0.680. The summed E-state index contributed by atoms with van der Waals surface area (Å²) in [5.41, 5.74) is 0.379. The maximum Gasteiger partial charge on any atom is 0.164 e. The van der Waals surface area contributed by atoms with Gasteiger partial charge in [-0.15, -0.1) is 0 Å². The van der Waals surface area contributed by atoms with E-state index in [9.17, 15) is 0 Å². The summed E-state index contributed by atoms with van der Waals surface area (Å²) in [4.78, 5) is 0. The molecule has 0 aromatic heterocycles. The maximum absolute atomic E-state index is 6.32. The zero-order valence-corrected chi connectivity index (χ0v) is 17.1. The monoisotopic (exact) mass is 352 g/mol. The van der Waals surface area contributed by atoms with Gasteiger partial charge in [-0.2, -0.15) is 0 Å². The normalized spacial score (nSPS) is 35.6.